The first kappa shape index (κ1) is 41.2. The van der Waals surface area contributed by atoms with Crippen LogP contribution < -0.4 is 0 Å². The average molecular weight is 757 g/mol. The van der Waals surface area contributed by atoms with Gasteiger partial charge in [0.15, 0.2) is 0 Å². The van der Waals surface area contributed by atoms with Crippen molar-refractivity contribution in [3.8, 4) is 46.6 Å². The van der Waals surface area contributed by atoms with Gasteiger partial charge in [0.2, 0.25) is 0 Å². The summed E-state index contributed by atoms with van der Waals surface area (Å²) >= 11 is 0. The molecule has 0 fully saturated rings. The molecule has 1 aliphatic carbocycles. The first-order valence-electron chi connectivity index (χ1n) is 19.3. The molecule has 0 atom stereocenters. The molecule has 0 spiro atoms. The standard InChI is InChI=1S/C54H52Si2/c1-41(19-13-11-15-39-55(5,6)7)25-27-45-29-33-49(34-30-45)53-51-43(3)21-17-23-47(51)37-38-48-24-18-22-44(4)52(48)54(53)50-35-31-46(32-36-50)28-26-42(2)20-14-12-16-40-56(8,9)10/h11-14,17-24,29-38H,1-10H3/b13-11-,14-12-,38-37-,41-19-,42-20-,47-37?,48-38?,53-51?,54-52?,54-53-. The van der Waals surface area contributed by atoms with Crippen LogP contribution >= 0.6 is 0 Å². The Kier molecular flexibility index (Phi) is 13.6. The van der Waals surface area contributed by atoms with Crippen molar-refractivity contribution in [2.24, 2.45) is 0 Å². The maximum absolute atomic E-state index is 3.37. The lowest BCUT2D eigenvalue weighted by molar-refractivity contribution is 1.36. The zero-order valence-corrected chi connectivity index (χ0v) is 36.7. The largest absolute Gasteiger partial charge is 0.129 e. The summed E-state index contributed by atoms with van der Waals surface area (Å²) in [6, 6.07) is 30.6. The van der Waals surface area contributed by atoms with Crippen LogP contribution in [-0.4, -0.2) is 16.1 Å². The van der Waals surface area contributed by atoms with E-state index in [1.54, 1.807) is 0 Å². The van der Waals surface area contributed by atoms with Crippen LogP contribution in [0.5, 0.6) is 0 Å². The lowest BCUT2D eigenvalue weighted by Crippen LogP contribution is -2.16. The summed E-state index contributed by atoms with van der Waals surface area (Å²) in [6.07, 6.45) is 16.4. The van der Waals surface area contributed by atoms with Crippen molar-refractivity contribution in [2.75, 3.05) is 0 Å². The molecule has 0 saturated carbocycles. The summed E-state index contributed by atoms with van der Waals surface area (Å²) in [4.78, 5) is 0. The fourth-order valence-electron chi connectivity index (χ4n) is 6.21. The Balaban J connectivity index is 1.59. The van der Waals surface area contributed by atoms with Crippen LogP contribution in [0.25, 0.3) is 23.3 Å². The second kappa shape index (κ2) is 18.6. The molecule has 0 nitrogen and oxygen atoms in total. The molecule has 0 bridgehead atoms. The second-order valence-corrected chi connectivity index (χ2v) is 25.8. The number of aryl methyl sites for hydroxylation is 2. The highest BCUT2D eigenvalue weighted by atomic mass is 28.3. The van der Waals surface area contributed by atoms with Crippen LogP contribution in [0.3, 0.4) is 0 Å². The van der Waals surface area contributed by atoms with Gasteiger partial charge in [0.25, 0.3) is 0 Å². The minimum absolute atomic E-state index is 0.973. The third-order valence-electron chi connectivity index (χ3n) is 8.90. The predicted octanol–water partition coefficient (Wildman–Crippen LogP) is 13.3. The first-order valence-corrected chi connectivity index (χ1v) is 26.3. The lowest BCUT2D eigenvalue weighted by atomic mass is 9.78. The van der Waals surface area contributed by atoms with Crippen LogP contribution in [0.15, 0.2) is 133 Å². The van der Waals surface area contributed by atoms with Crippen molar-refractivity contribution in [1.29, 1.82) is 0 Å². The van der Waals surface area contributed by atoms with Gasteiger partial charge in [0.1, 0.15) is 16.1 Å². The summed E-state index contributed by atoms with van der Waals surface area (Å²) in [5.74, 6) is 19.8. The van der Waals surface area contributed by atoms with Crippen molar-refractivity contribution in [2.45, 2.75) is 67.0 Å². The van der Waals surface area contributed by atoms with Gasteiger partial charge in [0.05, 0.1) is 0 Å². The molecular weight excluding hydrogens is 705 g/mol. The van der Waals surface area contributed by atoms with Crippen molar-refractivity contribution >= 4 is 39.4 Å². The topological polar surface area (TPSA) is 0 Å². The number of rotatable bonds is 4. The molecule has 0 radical (unpaired) electrons. The SMILES string of the molecule is C/C(C#Cc1ccc(/C2=C(\c3ccc(C#C/C(C)=C\C=C/C#C[Si](C)(C)C)cc3)c3c(C)cccc3/C=C\c3cccc(C)c32)cc1)=C/C=C\C#C[Si](C)(C)C. The molecule has 56 heavy (non-hydrogen) atoms. The van der Waals surface area contributed by atoms with Crippen molar-refractivity contribution in [3.63, 3.8) is 0 Å². The van der Waals surface area contributed by atoms with Gasteiger partial charge < -0.3 is 0 Å². The molecule has 0 saturated heterocycles. The fourth-order valence-corrected chi connectivity index (χ4v) is 7.24. The van der Waals surface area contributed by atoms with Gasteiger partial charge in [-0.15, -0.1) is 11.1 Å². The third-order valence-corrected chi connectivity index (χ3v) is 10.7. The van der Waals surface area contributed by atoms with Crippen molar-refractivity contribution in [3.05, 3.63) is 188 Å². The Morgan fingerprint density at radius 3 is 1.23 bits per heavy atom. The van der Waals surface area contributed by atoms with Gasteiger partial charge >= 0.3 is 0 Å². The average Bonchev–Trinajstić information content (AvgIpc) is 3.14. The summed E-state index contributed by atoms with van der Waals surface area (Å²) in [6.45, 7) is 22.0. The monoisotopic (exact) mass is 756 g/mol. The van der Waals surface area contributed by atoms with E-state index in [0.29, 0.717) is 0 Å². The first-order chi connectivity index (χ1) is 26.7. The Bertz CT molecular complexity index is 2370. The predicted molar refractivity (Wildman–Crippen MR) is 251 cm³/mol. The van der Waals surface area contributed by atoms with E-state index in [-0.39, 0.29) is 0 Å². The van der Waals surface area contributed by atoms with Crippen LogP contribution in [0, 0.1) is 60.5 Å². The number of benzene rings is 4. The summed E-state index contributed by atoms with van der Waals surface area (Å²) in [7, 11) is -2.76. The zero-order chi connectivity index (χ0) is 40.3. The van der Waals surface area contributed by atoms with Gasteiger partial charge in [-0.3, -0.25) is 0 Å². The number of hydrogen-bond acceptors (Lipinski definition) is 0. The smallest absolute Gasteiger partial charge is 0.127 e. The van der Waals surface area contributed by atoms with E-state index in [4.69, 9.17) is 0 Å². The molecule has 0 aromatic heterocycles. The van der Waals surface area contributed by atoms with Gasteiger partial charge in [-0.25, -0.2) is 0 Å². The zero-order valence-electron chi connectivity index (χ0n) is 34.7. The second-order valence-electron chi connectivity index (χ2n) is 16.3. The van der Waals surface area contributed by atoms with Crippen LogP contribution in [-0.2, 0) is 0 Å². The lowest BCUT2D eigenvalue weighted by Gasteiger charge is -2.25. The van der Waals surface area contributed by atoms with Crippen molar-refractivity contribution in [1.82, 2.24) is 0 Å². The molecule has 4 aromatic carbocycles. The van der Waals surface area contributed by atoms with Gasteiger partial charge in [-0.1, -0.05) is 172 Å². The quantitative estimate of drug-likeness (QED) is 0.0973. The maximum atomic E-state index is 3.37. The molecule has 4 aromatic rings. The van der Waals surface area contributed by atoms with Crippen LogP contribution in [0.1, 0.15) is 69.5 Å². The molecule has 2 heteroatoms. The minimum atomic E-state index is -1.38. The highest BCUT2D eigenvalue weighted by Gasteiger charge is 2.23. The van der Waals surface area contributed by atoms with E-state index < -0.39 is 16.1 Å². The summed E-state index contributed by atoms with van der Waals surface area (Å²) in [5, 5.41) is 0. The highest BCUT2D eigenvalue weighted by molar-refractivity contribution is 6.84. The molecular formula is C54H52Si2. The maximum Gasteiger partial charge on any atom is 0.129 e. The van der Waals surface area contributed by atoms with Crippen LogP contribution in [0.2, 0.25) is 39.3 Å². The van der Waals surface area contributed by atoms with Gasteiger partial charge in [-0.2, -0.15) is 0 Å². The van der Waals surface area contributed by atoms with E-state index >= 15 is 0 Å². The Labute approximate surface area is 339 Å². The van der Waals surface area contributed by atoms with E-state index in [9.17, 15) is 0 Å². The molecule has 0 amide bonds. The Morgan fingerprint density at radius 1 is 0.500 bits per heavy atom. The molecule has 1 aliphatic rings. The molecule has 0 unspecified atom stereocenters. The molecule has 276 valence electrons. The van der Waals surface area contributed by atoms with E-state index in [1.807, 2.05) is 50.3 Å². The third kappa shape index (κ3) is 11.7. The summed E-state index contributed by atoms with van der Waals surface area (Å²) < 4.78 is 0. The van der Waals surface area contributed by atoms with E-state index in [2.05, 4.69) is 197 Å². The minimum Gasteiger partial charge on any atom is -0.127 e. The summed E-state index contributed by atoms with van der Waals surface area (Å²) in [5.41, 5.74) is 22.7. The number of hydrogen-bond donors (Lipinski definition) is 0. The Morgan fingerprint density at radius 2 is 0.875 bits per heavy atom. The number of fused-ring (bicyclic) bond motifs is 2. The molecule has 0 aliphatic heterocycles. The molecule has 0 N–H and O–H groups in total. The van der Waals surface area contributed by atoms with Crippen LogP contribution in [0.4, 0.5) is 0 Å². The van der Waals surface area contributed by atoms with Gasteiger partial charge in [-0.05, 0) is 131 Å². The Hall–Kier alpha value is -6.01. The van der Waals surface area contributed by atoms with Gasteiger partial charge in [0, 0.05) is 11.1 Å². The van der Waals surface area contributed by atoms with E-state index in [1.165, 1.54) is 44.5 Å². The van der Waals surface area contributed by atoms with E-state index in [0.717, 1.165) is 33.4 Å². The van der Waals surface area contributed by atoms with Crippen molar-refractivity contribution < 1.29 is 0 Å². The molecule has 0 heterocycles. The highest BCUT2D eigenvalue weighted by Crippen LogP contribution is 2.43. The number of allylic oxidation sites excluding steroid dienone is 8. The fraction of sp³-hybridized carbons (Fsp3) is 0.185. The normalized spacial score (nSPS) is 14.8. The molecule has 5 rings (SSSR count).